The molecule has 0 aromatic carbocycles. The maximum absolute atomic E-state index is 5.38. The summed E-state index contributed by atoms with van der Waals surface area (Å²) >= 11 is 0. The molecule has 2 atom stereocenters. The highest BCUT2D eigenvalue weighted by Crippen LogP contribution is 2.33. The van der Waals surface area contributed by atoms with Gasteiger partial charge in [0.25, 0.3) is 0 Å². The van der Waals surface area contributed by atoms with Gasteiger partial charge in [-0.2, -0.15) is 0 Å². The van der Waals surface area contributed by atoms with E-state index in [1.54, 1.807) is 0 Å². The standard InChI is InChI=1S/C13H26N2O/c1-3-13(12-4-5-12)14-10-11(2)15-6-8-16-9-7-15/h11-14H,3-10H2,1-2H3. The van der Waals surface area contributed by atoms with Gasteiger partial charge in [0.2, 0.25) is 0 Å². The van der Waals surface area contributed by atoms with Gasteiger partial charge in [-0.25, -0.2) is 0 Å². The summed E-state index contributed by atoms with van der Waals surface area (Å²) in [6.45, 7) is 9.78. The molecule has 1 aliphatic carbocycles. The van der Waals surface area contributed by atoms with Crippen molar-refractivity contribution in [1.82, 2.24) is 10.2 Å². The van der Waals surface area contributed by atoms with Crippen molar-refractivity contribution in [1.29, 1.82) is 0 Å². The van der Waals surface area contributed by atoms with Gasteiger partial charge in [0.1, 0.15) is 0 Å². The van der Waals surface area contributed by atoms with Crippen LogP contribution in [0.15, 0.2) is 0 Å². The van der Waals surface area contributed by atoms with Gasteiger partial charge < -0.3 is 10.1 Å². The first-order chi connectivity index (χ1) is 7.81. The smallest absolute Gasteiger partial charge is 0.0594 e. The van der Waals surface area contributed by atoms with E-state index in [2.05, 4.69) is 24.1 Å². The van der Waals surface area contributed by atoms with Crippen molar-refractivity contribution in [2.45, 2.75) is 45.2 Å². The van der Waals surface area contributed by atoms with Gasteiger partial charge in [-0.3, -0.25) is 4.90 Å². The largest absolute Gasteiger partial charge is 0.379 e. The molecular weight excluding hydrogens is 200 g/mol. The Morgan fingerprint density at radius 3 is 2.56 bits per heavy atom. The topological polar surface area (TPSA) is 24.5 Å². The lowest BCUT2D eigenvalue weighted by atomic mass is 10.1. The van der Waals surface area contributed by atoms with Crippen molar-refractivity contribution >= 4 is 0 Å². The molecule has 2 unspecified atom stereocenters. The Kier molecular flexibility index (Phi) is 4.62. The van der Waals surface area contributed by atoms with Crippen molar-refractivity contribution < 1.29 is 4.74 Å². The average Bonchev–Trinajstić information content (AvgIpc) is 3.15. The summed E-state index contributed by atoms with van der Waals surface area (Å²) < 4.78 is 5.38. The van der Waals surface area contributed by atoms with Crippen LogP contribution in [0.2, 0.25) is 0 Å². The predicted molar refractivity (Wildman–Crippen MR) is 66.7 cm³/mol. The zero-order valence-electron chi connectivity index (χ0n) is 10.7. The van der Waals surface area contributed by atoms with Crippen molar-refractivity contribution in [2.75, 3.05) is 32.8 Å². The SMILES string of the molecule is CCC(NCC(C)N1CCOCC1)C1CC1. The number of nitrogens with zero attached hydrogens (tertiary/aromatic N) is 1. The summed E-state index contributed by atoms with van der Waals surface area (Å²) in [5.41, 5.74) is 0. The molecule has 94 valence electrons. The third kappa shape index (κ3) is 3.44. The van der Waals surface area contributed by atoms with Gasteiger partial charge in [0, 0.05) is 31.7 Å². The zero-order chi connectivity index (χ0) is 11.4. The Balaban J connectivity index is 1.67. The lowest BCUT2D eigenvalue weighted by Gasteiger charge is -2.33. The lowest BCUT2D eigenvalue weighted by molar-refractivity contribution is 0.0197. The van der Waals surface area contributed by atoms with Crippen LogP contribution in [0.1, 0.15) is 33.1 Å². The van der Waals surface area contributed by atoms with E-state index in [0.717, 1.165) is 44.8 Å². The fourth-order valence-corrected chi connectivity index (χ4v) is 2.61. The minimum atomic E-state index is 0.650. The van der Waals surface area contributed by atoms with E-state index in [1.165, 1.54) is 19.3 Å². The maximum atomic E-state index is 5.38. The zero-order valence-corrected chi connectivity index (χ0v) is 10.7. The molecule has 2 aliphatic rings. The Morgan fingerprint density at radius 2 is 2.00 bits per heavy atom. The molecule has 1 heterocycles. The van der Waals surface area contributed by atoms with Crippen LogP contribution < -0.4 is 5.32 Å². The summed E-state index contributed by atoms with van der Waals surface area (Å²) in [4.78, 5) is 2.54. The van der Waals surface area contributed by atoms with Crippen molar-refractivity contribution in [2.24, 2.45) is 5.92 Å². The van der Waals surface area contributed by atoms with Crippen LogP contribution in [0.3, 0.4) is 0 Å². The summed E-state index contributed by atoms with van der Waals surface area (Å²) in [5.74, 6) is 0.974. The number of rotatable bonds is 6. The van der Waals surface area contributed by atoms with Gasteiger partial charge in [0.05, 0.1) is 13.2 Å². The Labute approximate surface area is 99.5 Å². The monoisotopic (exact) mass is 226 g/mol. The highest BCUT2D eigenvalue weighted by molar-refractivity contribution is 4.86. The average molecular weight is 226 g/mol. The molecule has 1 saturated heterocycles. The fourth-order valence-electron chi connectivity index (χ4n) is 2.61. The molecule has 0 amide bonds. The maximum Gasteiger partial charge on any atom is 0.0594 e. The van der Waals surface area contributed by atoms with Crippen molar-refractivity contribution in [3.8, 4) is 0 Å². The summed E-state index contributed by atoms with van der Waals surface area (Å²) in [6, 6.07) is 1.42. The number of hydrogen-bond donors (Lipinski definition) is 1. The molecule has 16 heavy (non-hydrogen) atoms. The fraction of sp³-hybridized carbons (Fsp3) is 1.00. The van der Waals surface area contributed by atoms with E-state index in [1.807, 2.05) is 0 Å². The summed E-state index contributed by atoms with van der Waals surface area (Å²) in [6.07, 6.45) is 4.16. The second kappa shape index (κ2) is 5.99. The second-order valence-electron chi connectivity index (χ2n) is 5.26. The highest BCUT2D eigenvalue weighted by atomic mass is 16.5. The van der Waals surface area contributed by atoms with Gasteiger partial charge in [-0.05, 0) is 32.1 Å². The highest BCUT2D eigenvalue weighted by Gasteiger charge is 2.30. The third-order valence-electron chi connectivity index (χ3n) is 3.98. The molecule has 2 rings (SSSR count). The third-order valence-corrected chi connectivity index (χ3v) is 3.98. The first kappa shape index (κ1) is 12.3. The second-order valence-corrected chi connectivity index (χ2v) is 5.26. The minimum Gasteiger partial charge on any atom is -0.379 e. The molecule has 3 nitrogen and oxygen atoms in total. The van der Waals surface area contributed by atoms with Crippen LogP contribution in [0.5, 0.6) is 0 Å². The molecule has 0 bridgehead atoms. The molecule has 3 heteroatoms. The molecule has 0 aromatic heterocycles. The van der Waals surface area contributed by atoms with E-state index in [9.17, 15) is 0 Å². The predicted octanol–water partition coefficient (Wildman–Crippen LogP) is 1.49. The Morgan fingerprint density at radius 1 is 1.31 bits per heavy atom. The molecule has 0 radical (unpaired) electrons. The Hall–Kier alpha value is -0.120. The first-order valence-corrected chi connectivity index (χ1v) is 6.86. The van der Waals surface area contributed by atoms with E-state index < -0.39 is 0 Å². The molecular formula is C13H26N2O. The molecule has 0 spiro atoms. The van der Waals surface area contributed by atoms with Gasteiger partial charge >= 0.3 is 0 Å². The van der Waals surface area contributed by atoms with Crippen molar-refractivity contribution in [3.63, 3.8) is 0 Å². The summed E-state index contributed by atoms with van der Waals surface area (Å²) in [5, 5.41) is 3.75. The van der Waals surface area contributed by atoms with Gasteiger partial charge in [-0.15, -0.1) is 0 Å². The van der Waals surface area contributed by atoms with E-state index in [4.69, 9.17) is 4.74 Å². The number of hydrogen-bond acceptors (Lipinski definition) is 3. The number of morpholine rings is 1. The quantitative estimate of drug-likeness (QED) is 0.742. The lowest BCUT2D eigenvalue weighted by Crippen LogP contribution is -2.48. The van der Waals surface area contributed by atoms with Crippen LogP contribution in [-0.2, 0) is 4.74 Å². The van der Waals surface area contributed by atoms with Crippen LogP contribution in [0.4, 0.5) is 0 Å². The van der Waals surface area contributed by atoms with Crippen LogP contribution >= 0.6 is 0 Å². The first-order valence-electron chi connectivity index (χ1n) is 6.86. The van der Waals surface area contributed by atoms with E-state index >= 15 is 0 Å². The normalized spacial score (nSPS) is 26.6. The van der Waals surface area contributed by atoms with Crippen molar-refractivity contribution in [3.05, 3.63) is 0 Å². The van der Waals surface area contributed by atoms with Crippen LogP contribution in [0, 0.1) is 5.92 Å². The summed E-state index contributed by atoms with van der Waals surface area (Å²) in [7, 11) is 0. The van der Waals surface area contributed by atoms with Gasteiger partial charge in [0.15, 0.2) is 0 Å². The van der Waals surface area contributed by atoms with E-state index in [-0.39, 0.29) is 0 Å². The van der Waals surface area contributed by atoms with E-state index in [0.29, 0.717) is 6.04 Å². The molecule has 1 aliphatic heterocycles. The molecule has 1 saturated carbocycles. The van der Waals surface area contributed by atoms with Crippen LogP contribution in [-0.4, -0.2) is 49.8 Å². The Bertz CT molecular complexity index is 200. The molecule has 2 fully saturated rings. The molecule has 0 aromatic rings. The van der Waals surface area contributed by atoms with Gasteiger partial charge in [-0.1, -0.05) is 6.92 Å². The number of nitrogens with one attached hydrogen (secondary N) is 1. The minimum absolute atomic E-state index is 0.650. The number of ether oxygens (including phenoxy) is 1. The molecule has 1 N–H and O–H groups in total. The van der Waals surface area contributed by atoms with Crippen LogP contribution in [0.25, 0.3) is 0 Å².